The van der Waals surface area contributed by atoms with E-state index in [4.69, 9.17) is 4.74 Å². The molecule has 0 saturated carbocycles. The Kier molecular flexibility index (Phi) is 7.79. The third-order valence-electron chi connectivity index (χ3n) is 1.24. The van der Waals surface area contributed by atoms with Crippen LogP contribution >= 0.6 is 0 Å². The summed E-state index contributed by atoms with van der Waals surface area (Å²) in [6, 6.07) is -0.165. The number of hydrogen-bond donors (Lipinski definition) is 2. The summed E-state index contributed by atoms with van der Waals surface area (Å²) < 4.78 is 5.09. The molecule has 71 valence electrons. The van der Waals surface area contributed by atoms with Crippen molar-refractivity contribution in [3.05, 3.63) is 6.92 Å². The molecule has 0 aromatic carbocycles. The second-order valence-corrected chi connectivity index (χ2v) is 2.23. The molecule has 4 heteroatoms. The predicted molar refractivity (Wildman–Crippen MR) is 47.9 cm³/mol. The van der Waals surface area contributed by atoms with Crippen molar-refractivity contribution in [3.8, 4) is 0 Å². The zero-order chi connectivity index (χ0) is 9.23. The maximum atomic E-state index is 10.8. The van der Waals surface area contributed by atoms with E-state index in [0.717, 1.165) is 13.0 Å². The normalized spacial score (nSPS) is 9.50. The van der Waals surface area contributed by atoms with Crippen LogP contribution in [0.2, 0.25) is 0 Å². The number of urea groups is 1. The van der Waals surface area contributed by atoms with Crippen LogP contribution in [0.15, 0.2) is 0 Å². The summed E-state index contributed by atoms with van der Waals surface area (Å²) in [6.45, 7) is 7.92. The van der Waals surface area contributed by atoms with Gasteiger partial charge < -0.3 is 15.4 Å². The van der Waals surface area contributed by atoms with Gasteiger partial charge >= 0.3 is 6.03 Å². The number of carbonyl (C=O) groups is 1. The van der Waals surface area contributed by atoms with E-state index in [-0.39, 0.29) is 6.03 Å². The Hall–Kier alpha value is -0.770. The average Bonchev–Trinajstić information content (AvgIpc) is 2.05. The van der Waals surface area contributed by atoms with E-state index >= 15 is 0 Å². The van der Waals surface area contributed by atoms with Gasteiger partial charge in [-0.15, -0.1) is 0 Å². The van der Waals surface area contributed by atoms with Crippen LogP contribution < -0.4 is 10.6 Å². The lowest BCUT2D eigenvalue weighted by Crippen LogP contribution is -2.36. The molecule has 1 radical (unpaired) electrons. The summed E-state index contributed by atoms with van der Waals surface area (Å²) in [5, 5.41) is 5.21. The van der Waals surface area contributed by atoms with Crippen LogP contribution in [0.4, 0.5) is 4.79 Å². The molecule has 0 aromatic rings. The monoisotopic (exact) mass is 173 g/mol. The van der Waals surface area contributed by atoms with E-state index in [2.05, 4.69) is 17.6 Å². The van der Waals surface area contributed by atoms with Gasteiger partial charge in [-0.05, 0) is 20.3 Å². The van der Waals surface area contributed by atoms with Crippen molar-refractivity contribution in [1.29, 1.82) is 0 Å². The zero-order valence-electron chi connectivity index (χ0n) is 7.56. The van der Waals surface area contributed by atoms with Crippen LogP contribution in [0.25, 0.3) is 0 Å². The third kappa shape index (κ3) is 7.34. The highest BCUT2D eigenvalue weighted by atomic mass is 16.5. The minimum atomic E-state index is -0.165. The van der Waals surface area contributed by atoms with E-state index in [9.17, 15) is 4.79 Å². The fourth-order valence-corrected chi connectivity index (χ4v) is 0.697. The first kappa shape index (κ1) is 11.2. The molecule has 0 bridgehead atoms. The quantitative estimate of drug-likeness (QED) is 0.576. The molecule has 0 unspecified atom stereocenters. The van der Waals surface area contributed by atoms with Crippen molar-refractivity contribution in [3.63, 3.8) is 0 Å². The lowest BCUT2D eigenvalue weighted by Gasteiger charge is -2.04. The van der Waals surface area contributed by atoms with Crippen molar-refractivity contribution in [2.45, 2.75) is 13.3 Å². The molecule has 0 spiro atoms. The summed E-state index contributed by atoms with van der Waals surface area (Å²) in [5.74, 6) is 0. The summed E-state index contributed by atoms with van der Waals surface area (Å²) in [5.41, 5.74) is 0. The number of ether oxygens (including phenoxy) is 1. The smallest absolute Gasteiger partial charge is 0.314 e. The number of rotatable bonds is 6. The van der Waals surface area contributed by atoms with Crippen LogP contribution in [0.5, 0.6) is 0 Å². The summed E-state index contributed by atoms with van der Waals surface area (Å²) in [4.78, 5) is 10.8. The Morgan fingerprint density at radius 2 is 2.25 bits per heavy atom. The van der Waals surface area contributed by atoms with Crippen LogP contribution in [0.3, 0.4) is 0 Å². The van der Waals surface area contributed by atoms with Gasteiger partial charge in [0.1, 0.15) is 0 Å². The highest BCUT2D eigenvalue weighted by Crippen LogP contribution is 1.79. The molecule has 0 rings (SSSR count). The predicted octanol–water partition coefficient (Wildman–Crippen LogP) is 0.546. The number of carbonyl (C=O) groups excluding carboxylic acids is 1. The lowest BCUT2D eigenvalue weighted by atomic mass is 10.4. The largest absolute Gasteiger partial charge is 0.382 e. The highest BCUT2D eigenvalue weighted by Gasteiger charge is 1.94. The Morgan fingerprint density at radius 1 is 1.50 bits per heavy atom. The minimum absolute atomic E-state index is 0.165. The summed E-state index contributed by atoms with van der Waals surface area (Å²) in [7, 11) is 0. The molecule has 4 nitrogen and oxygen atoms in total. The first-order valence-corrected chi connectivity index (χ1v) is 4.20. The van der Waals surface area contributed by atoms with Crippen LogP contribution in [0.1, 0.15) is 13.3 Å². The van der Waals surface area contributed by atoms with Crippen molar-refractivity contribution in [1.82, 2.24) is 10.6 Å². The van der Waals surface area contributed by atoms with Gasteiger partial charge in [0.25, 0.3) is 0 Å². The molecule has 0 aliphatic rings. The van der Waals surface area contributed by atoms with Gasteiger partial charge in [-0.25, -0.2) is 4.79 Å². The topological polar surface area (TPSA) is 50.4 Å². The number of amides is 2. The van der Waals surface area contributed by atoms with E-state index in [1.807, 2.05) is 6.92 Å². The second kappa shape index (κ2) is 8.33. The van der Waals surface area contributed by atoms with Crippen LogP contribution in [-0.2, 0) is 4.74 Å². The Balaban J connectivity index is 3.03. The first-order chi connectivity index (χ1) is 5.81. The molecule has 0 atom stereocenters. The number of nitrogens with one attached hydrogen (secondary N) is 2. The van der Waals surface area contributed by atoms with Crippen LogP contribution in [0, 0.1) is 6.92 Å². The molecule has 0 saturated heterocycles. The minimum Gasteiger partial charge on any atom is -0.382 e. The van der Waals surface area contributed by atoms with Gasteiger partial charge in [-0.3, -0.25) is 0 Å². The standard InChI is InChI=1S/C8H17N2O2/c1-3-9-8(11)10-6-5-7-12-4-2/h1,3-7H2,2H3,(H2,9,10,11). The van der Waals surface area contributed by atoms with Crippen molar-refractivity contribution >= 4 is 6.03 Å². The lowest BCUT2D eigenvalue weighted by molar-refractivity contribution is 0.145. The first-order valence-electron chi connectivity index (χ1n) is 4.20. The Labute approximate surface area is 73.7 Å². The maximum Gasteiger partial charge on any atom is 0.314 e. The Morgan fingerprint density at radius 3 is 2.83 bits per heavy atom. The SMILES string of the molecule is [CH2]CNC(=O)NCCCOCC. The molecule has 0 fully saturated rings. The fourth-order valence-electron chi connectivity index (χ4n) is 0.697. The van der Waals surface area contributed by atoms with E-state index in [1.54, 1.807) is 0 Å². The van der Waals surface area contributed by atoms with Crippen molar-refractivity contribution < 1.29 is 9.53 Å². The fraction of sp³-hybridized carbons (Fsp3) is 0.750. The van der Waals surface area contributed by atoms with Gasteiger partial charge in [-0.1, -0.05) is 0 Å². The molecule has 2 N–H and O–H groups in total. The van der Waals surface area contributed by atoms with Gasteiger partial charge in [0.05, 0.1) is 0 Å². The molecular formula is C8H17N2O2. The maximum absolute atomic E-state index is 10.8. The van der Waals surface area contributed by atoms with Crippen LogP contribution in [-0.4, -0.2) is 32.3 Å². The summed E-state index contributed by atoms with van der Waals surface area (Å²) >= 11 is 0. The molecule has 12 heavy (non-hydrogen) atoms. The molecule has 0 aliphatic heterocycles. The Bertz CT molecular complexity index is 118. The molecule has 0 aromatic heterocycles. The molecular weight excluding hydrogens is 156 g/mol. The van der Waals surface area contributed by atoms with Gasteiger partial charge in [0, 0.05) is 26.3 Å². The summed E-state index contributed by atoms with van der Waals surface area (Å²) in [6.07, 6.45) is 0.846. The highest BCUT2D eigenvalue weighted by molar-refractivity contribution is 5.73. The average molecular weight is 173 g/mol. The second-order valence-electron chi connectivity index (χ2n) is 2.23. The van der Waals surface area contributed by atoms with Crippen molar-refractivity contribution in [2.24, 2.45) is 0 Å². The van der Waals surface area contributed by atoms with Crippen molar-refractivity contribution in [2.75, 3.05) is 26.3 Å². The third-order valence-corrected chi connectivity index (χ3v) is 1.24. The van der Waals surface area contributed by atoms with E-state index in [0.29, 0.717) is 19.7 Å². The van der Waals surface area contributed by atoms with Gasteiger partial charge in [0.15, 0.2) is 0 Å². The van der Waals surface area contributed by atoms with Gasteiger partial charge in [0.2, 0.25) is 0 Å². The molecule has 0 heterocycles. The molecule has 0 aliphatic carbocycles. The van der Waals surface area contributed by atoms with Gasteiger partial charge in [-0.2, -0.15) is 0 Å². The number of hydrogen-bond acceptors (Lipinski definition) is 2. The zero-order valence-corrected chi connectivity index (χ0v) is 7.56. The molecule has 2 amide bonds. The van der Waals surface area contributed by atoms with E-state index < -0.39 is 0 Å². The van der Waals surface area contributed by atoms with E-state index in [1.165, 1.54) is 0 Å².